The molecule has 0 spiro atoms. The number of hydrogen-bond acceptors (Lipinski definition) is 8. The summed E-state index contributed by atoms with van der Waals surface area (Å²) in [7, 11) is 0. The molecule has 2 aromatic carbocycles. The Morgan fingerprint density at radius 3 is 2.85 bits per heavy atom. The first-order valence-corrected chi connectivity index (χ1v) is 12.4. The summed E-state index contributed by atoms with van der Waals surface area (Å²) in [5.74, 6) is 2.88. The highest BCUT2D eigenvalue weighted by Crippen LogP contribution is 2.36. The number of thiazole rings is 1. The molecule has 0 saturated carbocycles. The molecule has 1 atom stereocenters. The van der Waals surface area contributed by atoms with E-state index in [2.05, 4.69) is 46.5 Å². The van der Waals surface area contributed by atoms with Crippen LogP contribution < -0.4 is 14.8 Å². The van der Waals surface area contributed by atoms with Crippen molar-refractivity contribution in [2.45, 2.75) is 30.5 Å². The Bertz CT molecular complexity index is 1270. The Morgan fingerprint density at radius 1 is 1.18 bits per heavy atom. The van der Waals surface area contributed by atoms with Crippen molar-refractivity contribution in [3.63, 3.8) is 0 Å². The maximum absolute atomic E-state index is 6.14. The third kappa shape index (κ3) is 4.74. The fourth-order valence-corrected chi connectivity index (χ4v) is 5.17. The van der Waals surface area contributed by atoms with Crippen molar-refractivity contribution >= 4 is 33.9 Å². The number of para-hydroxylation sites is 3. The zero-order chi connectivity index (χ0) is 22.6. The monoisotopic (exact) mass is 477 g/mol. The van der Waals surface area contributed by atoms with Crippen LogP contribution in [0.25, 0.3) is 0 Å². The molecule has 1 aliphatic rings. The number of anilines is 2. The smallest absolute Gasteiger partial charge is 0.192 e. The number of hydrogen-bond donors (Lipinski definition) is 1. The lowest BCUT2D eigenvalue weighted by molar-refractivity contribution is 0.0821. The second-order valence-electron chi connectivity index (χ2n) is 7.48. The van der Waals surface area contributed by atoms with Gasteiger partial charge in [-0.3, -0.25) is 4.57 Å². The van der Waals surface area contributed by atoms with E-state index in [4.69, 9.17) is 14.5 Å². The number of fused-ring (bicyclic) bond motifs is 1. The summed E-state index contributed by atoms with van der Waals surface area (Å²) < 4.78 is 14.0. The van der Waals surface area contributed by atoms with Gasteiger partial charge in [-0.1, -0.05) is 48.2 Å². The second kappa shape index (κ2) is 9.68. The molecule has 168 valence electrons. The van der Waals surface area contributed by atoms with Crippen LogP contribution in [0.1, 0.15) is 23.2 Å². The number of benzene rings is 2. The SMILES string of the molecule is C=CCn1c(SCc2csc(Nc3ccccc3C)n2)nnc1[C@H]1COc2ccccc2O1. The molecule has 7 nitrogen and oxygen atoms in total. The zero-order valence-electron chi connectivity index (χ0n) is 18.1. The van der Waals surface area contributed by atoms with Gasteiger partial charge in [0.25, 0.3) is 0 Å². The minimum Gasteiger partial charge on any atom is -0.485 e. The van der Waals surface area contributed by atoms with Crippen LogP contribution in [0.5, 0.6) is 11.5 Å². The zero-order valence-corrected chi connectivity index (χ0v) is 19.7. The molecule has 33 heavy (non-hydrogen) atoms. The molecule has 3 heterocycles. The molecule has 0 unspecified atom stereocenters. The van der Waals surface area contributed by atoms with E-state index in [1.165, 1.54) is 5.56 Å². The van der Waals surface area contributed by atoms with Crippen LogP contribution in [0, 0.1) is 6.92 Å². The number of rotatable bonds is 8. The molecule has 0 bridgehead atoms. The molecule has 1 N–H and O–H groups in total. The highest BCUT2D eigenvalue weighted by atomic mass is 32.2. The average Bonchev–Trinajstić information content (AvgIpc) is 3.46. The Labute approximate surface area is 200 Å². The van der Waals surface area contributed by atoms with Crippen LogP contribution in [0.4, 0.5) is 10.8 Å². The molecule has 0 fully saturated rings. The largest absolute Gasteiger partial charge is 0.485 e. The Hall–Kier alpha value is -3.30. The van der Waals surface area contributed by atoms with Gasteiger partial charge in [0, 0.05) is 23.4 Å². The molecular weight excluding hydrogens is 454 g/mol. The maximum atomic E-state index is 6.14. The first-order chi connectivity index (χ1) is 16.2. The van der Waals surface area contributed by atoms with Crippen LogP contribution in [0.2, 0.25) is 0 Å². The van der Waals surface area contributed by atoms with Crippen molar-refractivity contribution in [3.05, 3.63) is 83.6 Å². The van der Waals surface area contributed by atoms with Crippen molar-refractivity contribution < 1.29 is 9.47 Å². The van der Waals surface area contributed by atoms with Crippen molar-refractivity contribution in [3.8, 4) is 11.5 Å². The topological polar surface area (TPSA) is 74.1 Å². The molecule has 5 rings (SSSR count). The third-order valence-electron chi connectivity index (χ3n) is 5.14. The summed E-state index contributed by atoms with van der Waals surface area (Å²) in [6, 6.07) is 15.8. The molecular formula is C24H23N5O2S2. The highest BCUT2D eigenvalue weighted by Gasteiger charge is 2.28. The predicted octanol–water partition coefficient (Wildman–Crippen LogP) is 5.78. The number of nitrogens with zero attached hydrogens (tertiary/aromatic N) is 4. The second-order valence-corrected chi connectivity index (χ2v) is 9.28. The van der Waals surface area contributed by atoms with Gasteiger partial charge in [0.1, 0.15) is 6.61 Å². The number of aryl methyl sites for hydroxylation is 1. The van der Waals surface area contributed by atoms with Gasteiger partial charge >= 0.3 is 0 Å². The van der Waals surface area contributed by atoms with Crippen molar-refractivity contribution in [2.24, 2.45) is 0 Å². The van der Waals surface area contributed by atoms with E-state index in [1.807, 2.05) is 47.0 Å². The first-order valence-electron chi connectivity index (χ1n) is 10.5. The molecule has 2 aromatic heterocycles. The highest BCUT2D eigenvalue weighted by molar-refractivity contribution is 7.98. The van der Waals surface area contributed by atoms with Crippen LogP contribution in [-0.4, -0.2) is 26.4 Å². The van der Waals surface area contributed by atoms with E-state index in [0.29, 0.717) is 24.7 Å². The number of allylic oxidation sites excluding steroid dienone is 1. The van der Waals surface area contributed by atoms with Crippen molar-refractivity contribution in [1.29, 1.82) is 0 Å². The quantitative estimate of drug-likeness (QED) is 0.255. The van der Waals surface area contributed by atoms with Gasteiger partial charge < -0.3 is 14.8 Å². The van der Waals surface area contributed by atoms with Gasteiger partial charge in [-0.05, 0) is 30.7 Å². The summed E-state index contributed by atoms with van der Waals surface area (Å²) in [5, 5.41) is 16.0. The summed E-state index contributed by atoms with van der Waals surface area (Å²) in [5.41, 5.74) is 3.24. The van der Waals surface area contributed by atoms with Crippen LogP contribution in [0.3, 0.4) is 0 Å². The lowest BCUT2D eigenvalue weighted by atomic mass is 10.2. The van der Waals surface area contributed by atoms with Gasteiger partial charge in [-0.15, -0.1) is 28.1 Å². The van der Waals surface area contributed by atoms with E-state index >= 15 is 0 Å². The Balaban J connectivity index is 1.28. The van der Waals surface area contributed by atoms with Gasteiger partial charge in [-0.25, -0.2) is 4.98 Å². The molecule has 0 radical (unpaired) electrons. The van der Waals surface area contributed by atoms with Gasteiger partial charge in [0.05, 0.1) is 5.69 Å². The van der Waals surface area contributed by atoms with E-state index in [1.54, 1.807) is 23.1 Å². The molecule has 1 aliphatic heterocycles. The minimum absolute atomic E-state index is 0.328. The van der Waals surface area contributed by atoms with E-state index in [0.717, 1.165) is 33.2 Å². The first kappa shape index (κ1) is 21.5. The number of thioether (sulfide) groups is 1. The van der Waals surface area contributed by atoms with E-state index < -0.39 is 0 Å². The summed E-state index contributed by atoms with van der Waals surface area (Å²) in [6.45, 7) is 6.94. The normalized spacial score (nSPS) is 14.8. The number of nitrogens with one attached hydrogen (secondary N) is 1. The van der Waals surface area contributed by atoms with Crippen molar-refractivity contribution in [2.75, 3.05) is 11.9 Å². The predicted molar refractivity (Wildman–Crippen MR) is 132 cm³/mol. The molecule has 4 aromatic rings. The van der Waals surface area contributed by atoms with E-state index in [-0.39, 0.29) is 6.10 Å². The standard InChI is InChI=1S/C24H23N5O2S2/c1-3-12-29-22(21-13-30-19-10-6-7-11-20(19)31-21)27-28-24(29)33-15-17-14-32-23(25-17)26-18-9-5-4-8-16(18)2/h3-11,14,21H,1,12-13,15H2,2H3,(H,25,26)/t21-/m1/s1. The summed E-state index contributed by atoms with van der Waals surface area (Å²) in [4.78, 5) is 4.72. The number of ether oxygens (including phenoxy) is 2. The van der Waals surface area contributed by atoms with Crippen molar-refractivity contribution in [1.82, 2.24) is 19.7 Å². The van der Waals surface area contributed by atoms with Crippen LogP contribution in [-0.2, 0) is 12.3 Å². The molecule has 0 amide bonds. The molecule has 9 heteroatoms. The summed E-state index contributed by atoms with van der Waals surface area (Å²) in [6.07, 6.45) is 1.51. The lowest BCUT2D eigenvalue weighted by Gasteiger charge is -2.26. The Kier molecular flexibility index (Phi) is 6.32. The van der Waals surface area contributed by atoms with Gasteiger partial charge in [0.2, 0.25) is 0 Å². The Morgan fingerprint density at radius 2 is 2.00 bits per heavy atom. The third-order valence-corrected chi connectivity index (χ3v) is 6.95. The van der Waals surface area contributed by atoms with Gasteiger partial charge in [-0.2, -0.15) is 0 Å². The molecule has 0 aliphatic carbocycles. The fourth-order valence-electron chi connectivity index (χ4n) is 3.49. The number of aromatic nitrogens is 4. The fraction of sp³-hybridized carbons (Fsp3) is 0.208. The molecule has 0 saturated heterocycles. The van der Waals surface area contributed by atoms with E-state index in [9.17, 15) is 0 Å². The summed E-state index contributed by atoms with van der Waals surface area (Å²) >= 11 is 3.19. The van der Waals surface area contributed by atoms with Crippen LogP contribution >= 0.6 is 23.1 Å². The average molecular weight is 478 g/mol. The lowest BCUT2D eigenvalue weighted by Crippen LogP contribution is -2.25. The minimum atomic E-state index is -0.328. The van der Waals surface area contributed by atoms with Gasteiger partial charge in [0.15, 0.2) is 33.7 Å². The maximum Gasteiger partial charge on any atom is 0.192 e. The van der Waals surface area contributed by atoms with Crippen LogP contribution in [0.15, 0.2) is 71.7 Å².